The summed E-state index contributed by atoms with van der Waals surface area (Å²) in [5.41, 5.74) is 5.50. The molecular weight excluding hydrogens is 483 g/mol. The van der Waals surface area contributed by atoms with Gasteiger partial charge in [-0.1, -0.05) is 13.0 Å². The summed E-state index contributed by atoms with van der Waals surface area (Å²) in [7, 11) is 0. The molecule has 0 saturated carbocycles. The van der Waals surface area contributed by atoms with Crippen molar-refractivity contribution in [1.29, 1.82) is 0 Å². The third kappa shape index (κ3) is 4.50. The first-order chi connectivity index (χ1) is 18.5. The molecule has 38 heavy (non-hydrogen) atoms. The zero-order chi connectivity index (χ0) is 26.2. The number of nitrogens with one attached hydrogen (secondary N) is 3. The molecule has 4 heterocycles. The molecule has 6 rings (SSSR count). The number of likely N-dealkylation sites (tertiary alicyclic amines) is 1. The third-order valence-electron chi connectivity index (χ3n) is 7.50. The Labute approximate surface area is 219 Å². The number of fused-ring (bicyclic) bond motifs is 2. The van der Waals surface area contributed by atoms with Gasteiger partial charge in [0, 0.05) is 43.3 Å². The predicted molar refractivity (Wildman–Crippen MR) is 144 cm³/mol. The lowest BCUT2D eigenvalue weighted by atomic mass is 10.0. The van der Waals surface area contributed by atoms with Gasteiger partial charge in [-0.3, -0.25) is 14.0 Å². The number of amides is 2. The van der Waals surface area contributed by atoms with Gasteiger partial charge in [-0.25, -0.2) is 9.37 Å². The molecular formula is C29H29FN6O2. The highest BCUT2D eigenvalue weighted by Gasteiger charge is 2.23. The summed E-state index contributed by atoms with van der Waals surface area (Å²) >= 11 is 0. The van der Waals surface area contributed by atoms with Crippen LogP contribution >= 0.6 is 0 Å². The number of anilines is 2. The van der Waals surface area contributed by atoms with Crippen molar-refractivity contribution in [1.82, 2.24) is 24.9 Å². The molecule has 1 atom stereocenters. The van der Waals surface area contributed by atoms with Gasteiger partial charge in [-0.2, -0.15) is 0 Å². The number of imidazole rings is 1. The van der Waals surface area contributed by atoms with Crippen LogP contribution in [-0.2, 0) is 6.54 Å². The van der Waals surface area contributed by atoms with Gasteiger partial charge in [0.2, 0.25) is 0 Å². The Balaban J connectivity index is 1.18. The van der Waals surface area contributed by atoms with Crippen molar-refractivity contribution >= 4 is 28.8 Å². The minimum atomic E-state index is -0.577. The summed E-state index contributed by atoms with van der Waals surface area (Å²) < 4.78 is 16.9. The highest BCUT2D eigenvalue weighted by Crippen LogP contribution is 2.30. The van der Waals surface area contributed by atoms with Gasteiger partial charge < -0.3 is 20.9 Å². The fraction of sp³-hybridized carbons (Fsp3) is 0.276. The van der Waals surface area contributed by atoms with Crippen LogP contribution in [0.1, 0.15) is 39.6 Å². The molecule has 8 nitrogen and oxygen atoms in total. The summed E-state index contributed by atoms with van der Waals surface area (Å²) in [5, 5.41) is 8.98. The van der Waals surface area contributed by atoms with Crippen LogP contribution in [0.25, 0.3) is 16.9 Å². The molecule has 0 bridgehead atoms. The van der Waals surface area contributed by atoms with Crippen molar-refractivity contribution in [2.75, 3.05) is 31.5 Å². The largest absolute Gasteiger partial charge is 0.352 e. The number of benzene rings is 2. The number of nitrogens with zero attached hydrogens (tertiary/aromatic N) is 3. The van der Waals surface area contributed by atoms with Crippen molar-refractivity contribution in [3.63, 3.8) is 0 Å². The maximum atomic E-state index is 14.9. The molecule has 2 aliphatic rings. The van der Waals surface area contributed by atoms with Crippen LogP contribution < -0.4 is 16.0 Å². The average molecular weight is 513 g/mol. The smallest absolute Gasteiger partial charge is 0.254 e. The summed E-state index contributed by atoms with van der Waals surface area (Å²) in [6.45, 7) is 6.22. The van der Waals surface area contributed by atoms with Gasteiger partial charge in [-0.05, 0) is 79.0 Å². The normalized spacial score (nSPS) is 17.0. The first-order valence-electron chi connectivity index (χ1n) is 12.9. The van der Waals surface area contributed by atoms with Gasteiger partial charge in [0.25, 0.3) is 11.8 Å². The number of pyridine rings is 1. The zero-order valence-electron chi connectivity index (χ0n) is 21.1. The van der Waals surface area contributed by atoms with E-state index in [1.165, 1.54) is 12.1 Å². The first-order valence-corrected chi connectivity index (χ1v) is 12.9. The van der Waals surface area contributed by atoms with Crippen LogP contribution in [0.4, 0.5) is 15.8 Å². The zero-order valence-corrected chi connectivity index (χ0v) is 21.1. The van der Waals surface area contributed by atoms with Crippen molar-refractivity contribution in [2.45, 2.75) is 19.9 Å². The van der Waals surface area contributed by atoms with E-state index in [1.54, 1.807) is 12.3 Å². The number of halogens is 1. The molecule has 2 aliphatic heterocycles. The number of hydrogen-bond donors (Lipinski definition) is 3. The van der Waals surface area contributed by atoms with Crippen molar-refractivity contribution in [3.05, 3.63) is 83.4 Å². The molecule has 3 N–H and O–H groups in total. The Bertz CT molecular complexity index is 1550. The Hall–Kier alpha value is -4.24. The highest BCUT2D eigenvalue weighted by atomic mass is 19.1. The third-order valence-corrected chi connectivity index (χ3v) is 7.50. The average Bonchev–Trinajstić information content (AvgIpc) is 3.68. The van der Waals surface area contributed by atoms with Gasteiger partial charge in [-0.15, -0.1) is 0 Å². The Morgan fingerprint density at radius 3 is 2.89 bits per heavy atom. The minimum absolute atomic E-state index is 0.0341. The Morgan fingerprint density at radius 1 is 1.18 bits per heavy atom. The van der Waals surface area contributed by atoms with Crippen molar-refractivity contribution in [3.8, 4) is 11.3 Å². The van der Waals surface area contributed by atoms with Crippen LogP contribution in [-0.4, -0.2) is 52.3 Å². The fourth-order valence-electron chi connectivity index (χ4n) is 5.37. The molecule has 4 aromatic rings. The van der Waals surface area contributed by atoms with Crippen LogP contribution in [0, 0.1) is 11.7 Å². The van der Waals surface area contributed by atoms with E-state index in [0.717, 1.165) is 42.9 Å². The van der Waals surface area contributed by atoms with E-state index in [0.29, 0.717) is 41.6 Å². The molecule has 1 fully saturated rings. The van der Waals surface area contributed by atoms with Gasteiger partial charge >= 0.3 is 0 Å². The molecule has 0 radical (unpaired) electrons. The lowest BCUT2D eigenvalue weighted by molar-refractivity contribution is 0.0940. The van der Waals surface area contributed by atoms with E-state index in [9.17, 15) is 14.0 Å². The number of rotatable bonds is 7. The second-order valence-corrected chi connectivity index (χ2v) is 9.89. The highest BCUT2D eigenvalue weighted by molar-refractivity contribution is 5.99. The quantitative estimate of drug-likeness (QED) is 0.345. The maximum absolute atomic E-state index is 14.9. The molecule has 194 valence electrons. The number of carbonyl (C=O) groups is 2. The van der Waals surface area contributed by atoms with Crippen LogP contribution in [0.15, 0.2) is 60.9 Å². The van der Waals surface area contributed by atoms with E-state index in [1.807, 2.05) is 40.9 Å². The van der Waals surface area contributed by atoms with E-state index in [4.69, 9.17) is 0 Å². The van der Waals surface area contributed by atoms with Gasteiger partial charge in [0.15, 0.2) is 5.65 Å². The SMILES string of the molecule is CCN1CC[C@@H](CNC(=O)c2ccc(Nc3ccc(-c4ccc5c(c4)CNC5=O)n4ccnc34)cc2F)C1. The first kappa shape index (κ1) is 24.1. The van der Waals surface area contributed by atoms with Gasteiger partial charge in [0.1, 0.15) is 5.82 Å². The predicted octanol–water partition coefficient (Wildman–Crippen LogP) is 4.20. The van der Waals surface area contributed by atoms with Crippen LogP contribution in [0.2, 0.25) is 0 Å². The van der Waals surface area contributed by atoms with Gasteiger partial charge in [0.05, 0.1) is 16.9 Å². The van der Waals surface area contributed by atoms with E-state index >= 15 is 0 Å². The molecule has 2 amide bonds. The topological polar surface area (TPSA) is 90.8 Å². The molecule has 2 aromatic heterocycles. The number of hydrogen-bond acceptors (Lipinski definition) is 5. The second-order valence-electron chi connectivity index (χ2n) is 9.89. The molecule has 2 aromatic carbocycles. The number of carbonyl (C=O) groups excluding carboxylic acids is 2. The minimum Gasteiger partial charge on any atom is -0.352 e. The summed E-state index contributed by atoms with van der Waals surface area (Å²) in [6.07, 6.45) is 4.62. The summed E-state index contributed by atoms with van der Waals surface area (Å²) in [6, 6.07) is 14.2. The van der Waals surface area contributed by atoms with Crippen LogP contribution in [0.3, 0.4) is 0 Å². The lowest BCUT2D eigenvalue weighted by Gasteiger charge is -2.15. The second kappa shape index (κ2) is 9.90. The maximum Gasteiger partial charge on any atom is 0.254 e. The van der Waals surface area contributed by atoms with Crippen molar-refractivity contribution in [2.24, 2.45) is 5.92 Å². The molecule has 9 heteroatoms. The van der Waals surface area contributed by atoms with E-state index < -0.39 is 11.7 Å². The Morgan fingerprint density at radius 2 is 2.08 bits per heavy atom. The number of aromatic nitrogens is 2. The molecule has 0 unspecified atom stereocenters. The van der Waals surface area contributed by atoms with Crippen molar-refractivity contribution < 1.29 is 14.0 Å². The lowest BCUT2D eigenvalue weighted by Crippen LogP contribution is -2.31. The van der Waals surface area contributed by atoms with Crippen LogP contribution in [0.5, 0.6) is 0 Å². The fourth-order valence-corrected chi connectivity index (χ4v) is 5.37. The standard InChI is InChI=1S/C29H29FN6O2/c1-2-35-11-9-18(17-35)15-32-29(38)23-6-4-21(14-24(23)30)34-25-7-8-26(36-12-10-31-27(25)36)19-3-5-22-20(13-19)16-33-28(22)37/h3-8,10,12-14,18,34H,2,9,11,15-17H2,1H3,(H,32,38)(H,33,37)/t18-/m0/s1. The summed E-state index contributed by atoms with van der Waals surface area (Å²) in [4.78, 5) is 31.4. The monoisotopic (exact) mass is 512 g/mol. The van der Waals surface area contributed by atoms with E-state index in [-0.39, 0.29) is 11.5 Å². The molecule has 1 saturated heterocycles. The van der Waals surface area contributed by atoms with E-state index in [2.05, 4.69) is 32.8 Å². The summed E-state index contributed by atoms with van der Waals surface area (Å²) in [5.74, 6) is -0.618. The Kier molecular flexibility index (Phi) is 6.29. The molecule has 0 aliphatic carbocycles. The molecule has 0 spiro atoms.